The highest BCUT2D eigenvalue weighted by molar-refractivity contribution is 8.26. The van der Waals surface area contributed by atoms with Gasteiger partial charge in [-0.25, -0.2) is 4.79 Å². The molecule has 0 aliphatic heterocycles. The van der Waals surface area contributed by atoms with E-state index in [4.69, 9.17) is 13.6 Å². The van der Waals surface area contributed by atoms with Crippen molar-refractivity contribution in [3.63, 3.8) is 0 Å². The Morgan fingerprint density at radius 3 is 2.42 bits per heavy atom. The van der Waals surface area contributed by atoms with Crippen LogP contribution in [0.4, 0.5) is 0 Å². The smallest absolute Gasteiger partial charge is 0.375 e. The zero-order valence-electron chi connectivity index (χ0n) is 23.2. The molecule has 2 aromatic heterocycles. The van der Waals surface area contributed by atoms with Crippen molar-refractivity contribution < 1.29 is 32.7 Å². The van der Waals surface area contributed by atoms with Crippen molar-refractivity contribution in [2.45, 2.75) is 59.0 Å². The zero-order chi connectivity index (χ0) is 28.4. The molecule has 4 aliphatic carbocycles. The summed E-state index contributed by atoms with van der Waals surface area (Å²) in [6, 6.07) is 6.25. The summed E-state index contributed by atoms with van der Waals surface area (Å²) < 4.78 is 16.9. The van der Waals surface area contributed by atoms with Crippen LogP contribution in [0.25, 0.3) is 0 Å². The summed E-state index contributed by atoms with van der Waals surface area (Å²) in [5, 5.41) is -0.982. The first-order valence-corrected chi connectivity index (χ1v) is 14.8. The molecular formula is C32H34O7S. The van der Waals surface area contributed by atoms with Gasteiger partial charge in [-0.3, -0.25) is 14.4 Å². The van der Waals surface area contributed by atoms with Crippen molar-refractivity contribution in [1.82, 2.24) is 0 Å². The molecule has 8 atom stereocenters. The van der Waals surface area contributed by atoms with E-state index in [1.807, 2.05) is 13.0 Å². The third-order valence-electron chi connectivity index (χ3n) is 10.5. The Bertz CT molecular complexity index is 1420. The van der Waals surface area contributed by atoms with Crippen molar-refractivity contribution >= 4 is 33.7 Å². The number of ether oxygens (including phenoxy) is 1. The van der Waals surface area contributed by atoms with Crippen LogP contribution >= 0.6 is 11.8 Å². The van der Waals surface area contributed by atoms with E-state index < -0.39 is 27.2 Å². The highest BCUT2D eigenvalue weighted by Gasteiger charge is 2.73. The molecule has 2 aromatic rings. The second-order valence-corrected chi connectivity index (χ2v) is 13.5. The van der Waals surface area contributed by atoms with Gasteiger partial charge in [-0.15, -0.1) is 0 Å². The number of esters is 1. The van der Waals surface area contributed by atoms with E-state index >= 15 is 0 Å². The van der Waals surface area contributed by atoms with Gasteiger partial charge in [-0.1, -0.05) is 39.3 Å². The summed E-state index contributed by atoms with van der Waals surface area (Å²) in [7, 11) is 0. The van der Waals surface area contributed by atoms with Crippen LogP contribution in [-0.4, -0.2) is 27.6 Å². The Hall–Kier alpha value is -3.13. The van der Waals surface area contributed by atoms with Crippen LogP contribution in [0, 0.1) is 40.4 Å². The van der Waals surface area contributed by atoms with Crippen molar-refractivity contribution in [1.29, 1.82) is 0 Å². The number of carbonyl (C=O) groups is 4. The second-order valence-electron chi connectivity index (χ2n) is 12.5. The van der Waals surface area contributed by atoms with E-state index in [-0.39, 0.29) is 52.3 Å². The van der Waals surface area contributed by atoms with Crippen LogP contribution in [0.1, 0.15) is 74.5 Å². The summed E-state index contributed by atoms with van der Waals surface area (Å²) >= 11 is 0.562. The predicted molar refractivity (Wildman–Crippen MR) is 148 cm³/mol. The molecule has 8 heteroatoms. The average molecular weight is 563 g/mol. The molecule has 0 bridgehead atoms. The number of thioether (sulfide) groups is 1. The lowest BCUT2D eigenvalue weighted by Gasteiger charge is -2.60. The van der Waals surface area contributed by atoms with E-state index in [0.29, 0.717) is 24.6 Å². The van der Waals surface area contributed by atoms with E-state index in [1.54, 1.807) is 18.2 Å². The first-order valence-electron chi connectivity index (χ1n) is 14.0. The van der Waals surface area contributed by atoms with Gasteiger partial charge in [0, 0.05) is 16.7 Å². The fourth-order valence-electron chi connectivity index (χ4n) is 9.10. The molecule has 4 aliphatic rings. The van der Waals surface area contributed by atoms with Crippen LogP contribution in [0.2, 0.25) is 0 Å². The topological polar surface area (TPSA) is 104 Å². The maximum atomic E-state index is 14.4. The number of ketones is 1. The number of carbonyl (C=O) groups excluding carboxylic acids is 4. The molecule has 0 saturated heterocycles. The number of rotatable bonds is 4. The Morgan fingerprint density at radius 2 is 1.75 bits per heavy atom. The third kappa shape index (κ3) is 3.78. The molecule has 0 amide bonds. The molecule has 0 N–H and O–H groups in total. The normalized spacial score (nSPS) is 38.1. The Kier molecular flexibility index (Phi) is 6.41. The maximum Gasteiger partial charge on any atom is 0.375 e. The Balaban J connectivity index is 1.42. The zero-order valence-corrected chi connectivity index (χ0v) is 24.0. The molecule has 3 fully saturated rings. The maximum absolute atomic E-state index is 14.4. The lowest BCUT2D eigenvalue weighted by Crippen LogP contribution is -2.61. The van der Waals surface area contributed by atoms with E-state index in [1.165, 1.54) is 30.2 Å². The van der Waals surface area contributed by atoms with E-state index in [0.717, 1.165) is 12.8 Å². The summed E-state index contributed by atoms with van der Waals surface area (Å²) in [4.78, 5) is 53.1. The molecular weight excluding hydrogens is 528 g/mol. The molecule has 2 heterocycles. The van der Waals surface area contributed by atoms with Crippen molar-refractivity contribution in [3.8, 4) is 0 Å². The molecule has 40 heavy (non-hydrogen) atoms. The summed E-state index contributed by atoms with van der Waals surface area (Å²) in [6.45, 7) is 8.49. The van der Waals surface area contributed by atoms with Gasteiger partial charge < -0.3 is 13.6 Å². The fourth-order valence-corrected chi connectivity index (χ4v) is 10.1. The Morgan fingerprint density at radius 1 is 1.05 bits per heavy atom. The van der Waals surface area contributed by atoms with Crippen LogP contribution < -0.4 is 0 Å². The number of hydrogen-bond acceptors (Lipinski definition) is 8. The lowest BCUT2D eigenvalue weighted by atomic mass is 9.44. The van der Waals surface area contributed by atoms with Crippen molar-refractivity contribution in [3.05, 3.63) is 72.1 Å². The van der Waals surface area contributed by atoms with Gasteiger partial charge in [0.25, 0.3) is 5.12 Å². The minimum absolute atomic E-state index is 0.0208. The molecule has 3 saturated carbocycles. The number of allylic oxidation sites excluding steroid dienone is 4. The SMILES string of the molecule is C[C@@H]1CC2C3CCC4=CC(=O)C=C[C@]4(C)C3[C@@H](C)C[C@]2(C)[C@@]1(OC(=O)c1ccco1)C(=O)SC(=O)c1ccco1. The summed E-state index contributed by atoms with van der Waals surface area (Å²) in [5.74, 6) is -0.0934. The minimum Gasteiger partial charge on any atom is -0.460 e. The van der Waals surface area contributed by atoms with Crippen LogP contribution in [0.5, 0.6) is 0 Å². The van der Waals surface area contributed by atoms with E-state index in [2.05, 4.69) is 26.8 Å². The first kappa shape index (κ1) is 27.1. The summed E-state index contributed by atoms with van der Waals surface area (Å²) in [5.41, 5.74) is -1.29. The van der Waals surface area contributed by atoms with Crippen molar-refractivity contribution in [2.75, 3.05) is 0 Å². The molecule has 210 valence electrons. The standard InChI is InChI=1S/C32H34O7S/c1-18-17-31(4)23(22-10-9-20-16-21(33)11-12-30(20,3)26(18)22)15-19(2)32(31,39-27(34)24-7-5-13-37-24)29(36)40-28(35)25-8-6-14-38-25/h5-8,11-14,16,18-19,22-23,26H,9-10,15,17H2,1-4H3/t18-,19+,22?,23?,26?,30-,31-,32-/m0/s1. The lowest BCUT2D eigenvalue weighted by molar-refractivity contribution is -0.166. The summed E-state index contributed by atoms with van der Waals surface area (Å²) in [6.07, 6.45) is 11.4. The second kappa shape index (κ2) is 9.47. The molecule has 7 nitrogen and oxygen atoms in total. The van der Waals surface area contributed by atoms with Gasteiger partial charge in [0.15, 0.2) is 17.1 Å². The number of hydrogen-bond donors (Lipinski definition) is 0. The van der Waals surface area contributed by atoms with Gasteiger partial charge >= 0.3 is 5.97 Å². The average Bonchev–Trinajstić information content (AvgIpc) is 3.67. The highest BCUT2D eigenvalue weighted by Crippen LogP contribution is 2.71. The Labute approximate surface area is 237 Å². The molecule has 0 aromatic carbocycles. The fraction of sp³-hybridized carbons (Fsp3) is 0.500. The molecule has 6 rings (SSSR count). The van der Waals surface area contributed by atoms with Gasteiger partial charge in [-0.05, 0) is 97.5 Å². The molecule has 3 unspecified atom stereocenters. The number of fused-ring (bicyclic) bond motifs is 5. The molecule has 0 spiro atoms. The van der Waals surface area contributed by atoms with E-state index in [9.17, 15) is 19.2 Å². The van der Waals surface area contributed by atoms with Gasteiger partial charge in [0.05, 0.1) is 12.5 Å². The first-order chi connectivity index (χ1) is 19.0. The minimum atomic E-state index is -1.54. The number of furan rings is 2. The van der Waals surface area contributed by atoms with Crippen LogP contribution in [-0.2, 0) is 14.3 Å². The predicted octanol–water partition coefficient (Wildman–Crippen LogP) is 6.67. The quantitative estimate of drug-likeness (QED) is 0.381. The monoisotopic (exact) mass is 562 g/mol. The van der Waals surface area contributed by atoms with Crippen molar-refractivity contribution in [2.24, 2.45) is 40.4 Å². The van der Waals surface area contributed by atoms with Gasteiger partial charge in [-0.2, -0.15) is 0 Å². The molecule has 0 radical (unpaired) electrons. The third-order valence-corrected chi connectivity index (χ3v) is 11.4. The highest BCUT2D eigenvalue weighted by atomic mass is 32.2. The van der Waals surface area contributed by atoms with Gasteiger partial charge in [0.1, 0.15) is 0 Å². The van der Waals surface area contributed by atoms with Crippen LogP contribution in [0.15, 0.2) is 69.4 Å². The largest absolute Gasteiger partial charge is 0.460 e. The van der Waals surface area contributed by atoms with Gasteiger partial charge in [0.2, 0.25) is 10.9 Å². The van der Waals surface area contributed by atoms with Crippen LogP contribution in [0.3, 0.4) is 0 Å².